The van der Waals surface area contributed by atoms with Gasteiger partial charge in [0.1, 0.15) is 12.4 Å². The fourth-order valence-corrected chi connectivity index (χ4v) is 2.86. The first kappa shape index (κ1) is 19.7. The minimum Gasteiger partial charge on any atom is -0.491 e. The van der Waals surface area contributed by atoms with Gasteiger partial charge in [0.25, 0.3) is 0 Å². The van der Waals surface area contributed by atoms with E-state index in [1.807, 2.05) is 24.3 Å². The molecule has 2 aromatic rings. The van der Waals surface area contributed by atoms with Crippen LogP contribution in [-0.4, -0.2) is 44.8 Å². The van der Waals surface area contributed by atoms with Crippen molar-refractivity contribution >= 4 is 23.3 Å². The third-order valence-corrected chi connectivity index (χ3v) is 4.34. The van der Waals surface area contributed by atoms with Gasteiger partial charge in [-0.25, -0.2) is 4.79 Å². The Morgan fingerprint density at radius 1 is 1.14 bits per heavy atom. The van der Waals surface area contributed by atoms with E-state index in [9.17, 15) is 9.59 Å². The minimum absolute atomic E-state index is 0.105. The molecule has 1 atom stereocenters. The summed E-state index contributed by atoms with van der Waals surface area (Å²) in [7, 11) is 1.33. The highest BCUT2D eigenvalue weighted by Gasteiger charge is 2.16. The summed E-state index contributed by atoms with van der Waals surface area (Å²) >= 11 is 0. The Kier molecular flexibility index (Phi) is 6.86. The van der Waals surface area contributed by atoms with Crippen LogP contribution in [0.1, 0.15) is 23.2 Å². The molecule has 0 spiro atoms. The van der Waals surface area contributed by atoms with Crippen molar-refractivity contribution in [2.24, 2.45) is 0 Å². The predicted molar refractivity (Wildman–Crippen MR) is 106 cm³/mol. The van der Waals surface area contributed by atoms with E-state index in [2.05, 4.69) is 15.4 Å². The van der Waals surface area contributed by atoms with Crippen LogP contribution in [0.2, 0.25) is 0 Å². The van der Waals surface area contributed by atoms with Crippen LogP contribution in [0.15, 0.2) is 48.5 Å². The number of amides is 1. The Bertz CT molecular complexity index is 801. The van der Waals surface area contributed by atoms with Gasteiger partial charge in [0.15, 0.2) is 0 Å². The number of nitrogens with one attached hydrogen (secondary N) is 2. The molecule has 1 aliphatic rings. The molecule has 1 fully saturated rings. The van der Waals surface area contributed by atoms with E-state index in [1.165, 1.54) is 7.11 Å². The van der Waals surface area contributed by atoms with E-state index in [-0.39, 0.29) is 18.6 Å². The van der Waals surface area contributed by atoms with E-state index >= 15 is 0 Å². The van der Waals surface area contributed by atoms with Crippen molar-refractivity contribution in [1.82, 2.24) is 0 Å². The molecule has 0 saturated carbocycles. The van der Waals surface area contributed by atoms with Gasteiger partial charge in [-0.15, -0.1) is 0 Å². The summed E-state index contributed by atoms with van der Waals surface area (Å²) in [5.74, 6) is 0.122. The maximum atomic E-state index is 12.1. The van der Waals surface area contributed by atoms with E-state index < -0.39 is 5.97 Å². The number of benzene rings is 2. The third kappa shape index (κ3) is 5.72. The lowest BCUT2D eigenvalue weighted by Gasteiger charge is -2.13. The van der Waals surface area contributed by atoms with Crippen molar-refractivity contribution < 1.29 is 23.8 Å². The van der Waals surface area contributed by atoms with Gasteiger partial charge < -0.3 is 24.8 Å². The molecule has 1 saturated heterocycles. The molecule has 0 radical (unpaired) electrons. The Labute approximate surface area is 164 Å². The average Bonchev–Trinajstić information content (AvgIpc) is 3.25. The highest BCUT2D eigenvalue weighted by atomic mass is 16.5. The molecule has 2 N–H and O–H groups in total. The second kappa shape index (κ2) is 9.75. The molecule has 1 aliphatic heterocycles. The van der Waals surface area contributed by atoms with Crippen molar-refractivity contribution in [3.8, 4) is 5.75 Å². The summed E-state index contributed by atoms with van der Waals surface area (Å²) in [6, 6.07) is 14.0. The molecule has 1 heterocycles. The first-order valence-corrected chi connectivity index (χ1v) is 9.20. The van der Waals surface area contributed by atoms with Crippen molar-refractivity contribution in [1.29, 1.82) is 0 Å². The Balaban J connectivity index is 1.46. The minimum atomic E-state index is -0.416. The molecule has 3 rings (SSSR count). The zero-order valence-corrected chi connectivity index (χ0v) is 15.8. The van der Waals surface area contributed by atoms with Gasteiger partial charge in [0.2, 0.25) is 5.91 Å². The highest BCUT2D eigenvalue weighted by Crippen LogP contribution is 2.19. The van der Waals surface area contributed by atoms with Crippen LogP contribution in [0.25, 0.3) is 0 Å². The zero-order chi connectivity index (χ0) is 19.8. The molecule has 148 valence electrons. The van der Waals surface area contributed by atoms with Gasteiger partial charge in [0, 0.05) is 24.0 Å². The Morgan fingerprint density at radius 3 is 2.68 bits per heavy atom. The number of rotatable bonds is 8. The second-order valence-electron chi connectivity index (χ2n) is 6.44. The van der Waals surface area contributed by atoms with Gasteiger partial charge in [-0.3, -0.25) is 4.79 Å². The lowest BCUT2D eigenvalue weighted by Crippen LogP contribution is -2.21. The molecule has 1 amide bonds. The van der Waals surface area contributed by atoms with Gasteiger partial charge in [-0.05, 0) is 49.2 Å². The number of hydrogen-bond donors (Lipinski definition) is 2. The van der Waals surface area contributed by atoms with Crippen LogP contribution in [0.5, 0.6) is 5.75 Å². The third-order valence-electron chi connectivity index (χ3n) is 4.34. The van der Waals surface area contributed by atoms with E-state index in [0.29, 0.717) is 17.9 Å². The quantitative estimate of drug-likeness (QED) is 0.681. The van der Waals surface area contributed by atoms with Crippen LogP contribution >= 0.6 is 0 Å². The van der Waals surface area contributed by atoms with E-state index in [0.717, 1.165) is 30.9 Å². The van der Waals surface area contributed by atoms with Crippen LogP contribution in [0.3, 0.4) is 0 Å². The maximum absolute atomic E-state index is 12.1. The number of ether oxygens (including phenoxy) is 3. The average molecular weight is 384 g/mol. The van der Waals surface area contributed by atoms with Crippen LogP contribution in [-0.2, 0) is 14.3 Å². The summed E-state index contributed by atoms with van der Waals surface area (Å²) in [5, 5.41) is 5.85. The van der Waals surface area contributed by atoms with Gasteiger partial charge >= 0.3 is 5.97 Å². The van der Waals surface area contributed by atoms with Crippen molar-refractivity contribution in [2.75, 3.05) is 37.5 Å². The molecule has 28 heavy (non-hydrogen) atoms. The number of hydrogen-bond acceptors (Lipinski definition) is 6. The monoisotopic (exact) mass is 384 g/mol. The summed E-state index contributed by atoms with van der Waals surface area (Å²) in [4.78, 5) is 23.6. The molecule has 1 unspecified atom stereocenters. The lowest BCUT2D eigenvalue weighted by atomic mass is 10.2. The van der Waals surface area contributed by atoms with Crippen LogP contribution in [0.4, 0.5) is 11.4 Å². The molecular weight excluding hydrogens is 360 g/mol. The SMILES string of the molecule is COC(=O)c1ccc(NC(=O)CNc2cccc(OCC3CCCO3)c2)cc1. The molecule has 2 aromatic carbocycles. The van der Waals surface area contributed by atoms with Crippen LogP contribution in [0, 0.1) is 0 Å². The number of esters is 1. The standard InChI is InChI=1S/C21H24N2O5/c1-26-21(25)15-7-9-16(10-8-15)23-20(24)13-22-17-4-2-5-18(12-17)28-14-19-6-3-11-27-19/h2,4-5,7-10,12,19,22H,3,6,11,13-14H2,1H3,(H,23,24). The van der Waals surface area contributed by atoms with Gasteiger partial charge in [-0.1, -0.05) is 6.07 Å². The fourth-order valence-electron chi connectivity index (χ4n) is 2.86. The molecule has 0 bridgehead atoms. The number of carbonyl (C=O) groups is 2. The van der Waals surface area contributed by atoms with E-state index in [1.54, 1.807) is 24.3 Å². The molecular formula is C21H24N2O5. The first-order chi connectivity index (χ1) is 13.6. The smallest absolute Gasteiger partial charge is 0.337 e. The molecule has 0 aromatic heterocycles. The summed E-state index contributed by atoms with van der Waals surface area (Å²) in [6.45, 7) is 1.44. The molecule has 7 heteroatoms. The highest BCUT2D eigenvalue weighted by molar-refractivity contribution is 5.95. The second-order valence-corrected chi connectivity index (χ2v) is 6.44. The topological polar surface area (TPSA) is 85.9 Å². The summed E-state index contributed by atoms with van der Waals surface area (Å²) in [6.07, 6.45) is 2.27. The van der Waals surface area contributed by atoms with Crippen molar-refractivity contribution in [2.45, 2.75) is 18.9 Å². The Hall–Kier alpha value is -3.06. The normalized spacial score (nSPS) is 15.7. The number of methoxy groups -OCH3 is 1. The zero-order valence-electron chi connectivity index (χ0n) is 15.8. The lowest BCUT2D eigenvalue weighted by molar-refractivity contribution is -0.114. The van der Waals surface area contributed by atoms with E-state index in [4.69, 9.17) is 9.47 Å². The van der Waals surface area contributed by atoms with Gasteiger partial charge in [-0.2, -0.15) is 0 Å². The summed E-state index contributed by atoms with van der Waals surface area (Å²) < 4.78 is 16.0. The largest absolute Gasteiger partial charge is 0.491 e. The van der Waals surface area contributed by atoms with Crippen LogP contribution < -0.4 is 15.4 Å². The molecule has 7 nitrogen and oxygen atoms in total. The van der Waals surface area contributed by atoms with Gasteiger partial charge in [0.05, 0.1) is 25.3 Å². The fraction of sp³-hybridized carbons (Fsp3) is 0.333. The maximum Gasteiger partial charge on any atom is 0.337 e. The Morgan fingerprint density at radius 2 is 1.96 bits per heavy atom. The summed E-state index contributed by atoms with van der Waals surface area (Å²) in [5.41, 5.74) is 1.83. The van der Waals surface area contributed by atoms with Crippen molar-refractivity contribution in [3.63, 3.8) is 0 Å². The number of carbonyl (C=O) groups excluding carboxylic acids is 2. The van der Waals surface area contributed by atoms with Crippen molar-refractivity contribution in [3.05, 3.63) is 54.1 Å². The predicted octanol–water partition coefficient (Wildman–Crippen LogP) is 3.08. The first-order valence-electron chi connectivity index (χ1n) is 9.20. The number of anilines is 2. The molecule has 0 aliphatic carbocycles.